The number of carbonyl (C=O) groups is 1. The van der Waals surface area contributed by atoms with E-state index < -0.39 is 28.3 Å². The maximum atomic E-state index is 14.0. The molecular formula is C25H32FN3O5S. The fraction of sp³-hybridized carbons (Fsp3) is 0.480. The number of hydrogen-bond donors (Lipinski definition) is 1. The van der Waals surface area contributed by atoms with Crippen molar-refractivity contribution in [3.8, 4) is 11.5 Å². The fourth-order valence-electron chi connectivity index (χ4n) is 4.33. The molecule has 0 aliphatic carbocycles. The Morgan fingerprint density at radius 1 is 1.00 bits per heavy atom. The van der Waals surface area contributed by atoms with Crippen LogP contribution in [0.5, 0.6) is 11.5 Å². The van der Waals surface area contributed by atoms with Crippen molar-refractivity contribution in [3.63, 3.8) is 0 Å². The van der Waals surface area contributed by atoms with Gasteiger partial charge in [-0.1, -0.05) is 18.9 Å². The van der Waals surface area contributed by atoms with Gasteiger partial charge in [0, 0.05) is 12.6 Å². The summed E-state index contributed by atoms with van der Waals surface area (Å²) in [7, 11) is -4.19. The SMILES string of the molecule is O=C(CN(c1cccc(F)c1)S(=O)(=O)c1ccc2c(c1)OCCO2)NCCCN1CCCCCC1. The monoisotopic (exact) mass is 505 g/mol. The van der Waals surface area contributed by atoms with Gasteiger partial charge in [-0.15, -0.1) is 0 Å². The van der Waals surface area contributed by atoms with Crippen LogP contribution in [0.3, 0.4) is 0 Å². The number of nitrogens with zero attached hydrogens (tertiary/aromatic N) is 2. The van der Waals surface area contributed by atoms with E-state index in [4.69, 9.17) is 9.47 Å². The molecule has 8 nitrogen and oxygen atoms in total. The summed E-state index contributed by atoms with van der Waals surface area (Å²) in [5.41, 5.74) is 0.0691. The molecule has 35 heavy (non-hydrogen) atoms. The largest absolute Gasteiger partial charge is 0.486 e. The van der Waals surface area contributed by atoms with E-state index in [9.17, 15) is 17.6 Å². The molecule has 0 atom stereocenters. The summed E-state index contributed by atoms with van der Waals surface area (Å²) in [6, 6.07) is 9.49. The second kappa shape index (κ2) is 11.7. The number of rotatable bonds is 9. The Morgan fingerprint density at radius 3 is 2.49 bits per heavy atom. The summed E-state index contributed by atoms with van der Waals surface area (Å²) in [5, 5.41) is 2.82. The number of ether oxygens (including phenoxy) is 2. The number of anilines is 1. The number of carbonyl (C=O) groups excluding carboxylic acids is 1. The summed E-state index contributed by atoms with van der Waals surface area (Å²) in [6.45, 7) is 3.71. The minimum absolute atomic E-state index is 0.0691. The van der Waals surface area contributed by atoms with Crippen LogP contribution >= 0.6 is 0 Å². The Hall–Kier alpha value is -2.85. The van der Waals surface area contributed by atoms with Crippen LogP contribution < -0.4 is 19.1 Å². The van der Waals surface area contributed by atoms with E-state index in [1.54, 1.807) is 0 Å². The highest BCUT2D eigenvalue weighted by atomic mass is 32.2. The van der Waals surface area contributed by atoms with Crippen LogP contribution in [0, 0.1) is 5.82 Å². The number of sulfonamides is 1. The van der Waals surface area contributed by atoms with E-state index in [2.05, 4.69) is 10.2 Å². The topological polar surface area (TPSA) is 88.2 Å². The Labute approximate surface area is 206 Å². The highest BCUT2D eigenvalue weighted by Gasteiger charge is 2.29. The highest BCUT2D eigenvalue weighted by molar-refractivity contribution is 7.92. The molecule has 4 rings (SSSR count). The summed E-state index contributed by atoms with van der Waals surface area (Å²) in [6.07, 6.45) is 5.71. The maximum Gasteiger partial charge on any atom is 0.264 e. The zero-order valence-electron chi connectivity index (χ0n) is 19.7. The first kappa shape index (κ1) is 25.2. The van der Waals surface area contributed by atoms with Gasteiger partial charge in [0.2, 0.25) is 5.91 Å². The molecule has 0 radical (unpaired) electrons. The van der Waals surface area contributed by atoms with Gasteiger partial charge in [0.05, 0.1) is 10.6 Å². The van der Waals surface area contributed by atoms with Crippen LogP contribution in [0.1, 0.15) is 32.1 Å². The summed E-state index contributed by atoms with van der Waals surface area (Å²) >= 11 is 0. The normalized spacial score (nSPS) is 16.4. The van der Waals surface area contributed by atoms with Crippen molar-refractivity contribution in [3.05, 3.63) is 48.3 Å². The van der Waals surface area contributed by atoms with E-state index in [1.807, 2.05) is 0 Å². The average molecular weight is 506 g/mol. The van der Waals surface area contributed by atoms with Crippen LogP contribution in [-0.2, 0) is 14.8 Å². The molecule has 1 saturated heterocycles. The Morgan fingerprint density at radius 2 is 1.74 bits per heavy atom. The van der Waals surface area contributed by atoms with Gasteiger partial charge in [-0.25, -0.2) is 12.8 Å². The molecule has 2 aromatic rings. The third-order valence-electron chi connectivity index (χ3n) is 6.16. The van der Waals surface area contributed by atoms with Crippen LogP contribution in [-0.4, -0.2) is 65.2 Å². The number of nitrogens with one attached hydrogen (secondary N) is 1. The van der Waals surface area contributed by atoms with Gasteiger partial charge in [0.1, 0.15) is 25.6 Å². The van der Waals surface area contributed by atoms with Crippen LogP contribution in [0.4, 0.5) is 10.1 Å². The number of benzene rings is 2. The molecule has 0 spiro atoms. The van der Waals surface area contributed by atoms with E-state index in [-0.39, 0.29) is 10.6 Å². The Balaban J connectivity index is 1.45. The lowest BCUT2D eigenvalue weighted by atomic mass is 10.2. The zero-order chi connectivity index (χ0) is 24.7. The van der Waals surface area contributed by atoms with Crippen molar-refractivity contribution < 1.29 is 27.1 Å². The van der Waals surface area contributed by atoms with Crippen molar-refractivity contribution in [1.82, 2.24) is 10.2 Å². The summed E-state index contributed by atoms with van der Waals surface area (Å²) < 4.78 is 53.0. The molecule has 2 heterocycles. The van der Waals surface area contributed by atoms with Crippen molar-refractivity contribution in [2.45, 2.75) is 37.0 Å². The molecule has 0 unspecified atom stereocenters. The van der Waals surface area contributed by atoms with E-state index in [0.717, 1.165) is 36.4 Å². The number of hydrogen-bond acceptors (Lipinski definition) is 6. The predicted octanol–water partition coefficient (Wildman–Crippen LogP) is 3.17. The van der Waals surface area contributed by atoms with Gasteiger partial charge in [0.15, 0.2) is 11.5 Å². The van der Waals surface area contributed by atoms with Crippen LogP contribution in [0.15, 0.2) is 47.4 Å². The predicted molar refractivity (Wildman–Crippen MR) is 131 cm³/mol. The minimum atomic E-state index is -4.19. The average Bonchev–Trinajstić information content (AvgIpc) is 3.13. The smallest absolute Gasteiger partial charge is 0.264 e. The van der Waals surface area contributed by atoms with E-state index >= 15 is 0 Å². The van der Waals surface area contributed by atoms with Crippen molar-refractivity contribution >= 4 is 21.6 Å². The second-order valence-electron chi connectivity index (χ2n) is 8.76. The fourth-order valence-corrected chi connectivity index (χ4v) is 5.76. The number of likely N-dealkylation sites (tertiary alicyclic amines) is 1. The third kappa shape index (κ3) is 6.64. The minimum Gasteiger partial charge on any atom is -0.486 e. The number of halogens is 1. The molecular weight excluding hydrogens is 473 g/mol. The van der Waals surface area contributed by atoms with Crippen molar-refractivity contribution in [2.75, 3.05) is 50.2 Å². The first-order valence-electron chi connectivity index (χ1n) is 12.1. The number of amides is 1. The van der Waals surface area contributed by atoms with Gasteiger partial charge in [-0.2, -0.15) is 0 Å². The lowest BCUT2D eigenvalue weighted by Gasteiger charge is -2.25. The molecule has 2 aliphatic heterocycles. The molecule has 0 bridgehead atoms. The molecule has 2 aliphatic rings. The lowest BCUT2D eigenvalue weighted by Crippen LogP contribution is -2.41. The standard InChI is InChI=1S/C25H32FN3O5S/c26-20-7-5-8-21(17-20)29(19-25(30)27-11-6-14-28-12-3-1-2-4-13-28)35(31,32)22-9-10-23-24(18-22)34-16-15-33-23/h5,7-10,17-18H,1-4,6,11-16,19H2,(H,27,30). The van der Waals surface area contributed by atoms with E-state index in [1.165, 1.54) is 62.1 Å². The zero-order valence-corrected chi connectivity index (χ0v) is 20.6. The first-order chi connectivity index (χ1) is 16.9. The Bertz CT molecular complexity index is 1120. The van der Waals surface area contributed by atoms with Gasteiger partial charge in [0.25, 0.3) is 10.0 Å². The van der Waals surface area contributed by atoms with E-state index in [0.29, 0.717) is 31.3 Å². The number of fused-ring (bicyclic) bond motifs is 1. The van der Waals surface area contributed by atoms with Crippen LogP contribution in [0.25, 0.3) is 0 Å². The van der Waals surface area contributed by atoms with Gasteiger partial charge in [-0.3, -0.25) is 9.10 Å². The van der Waals surface area contributed by atoms with Gasteiger partial charge >= 0.3 is 0 Å². The van der Waals surface area contributed by atoms with Crippen molar-refractivity contribution in [2.24, 2.45) is 0 Å². The molecule has 1 N–H and O–H groups in total. The lowest BCUT2D eigenvalue weighted by molar-refractivity contribution is -0.119. The molecule has 0 aromatic heterocycles. The molecule has 2 aromatic carbocycles. The van der Waals surface area contributed by atoms with Crippen molar-refractivity contribution in [1.29, 1.82) is 0 Å². The maximum absolute atomic E-state index is 14.0. The molecule has 190 valence electrons. The van der Waals surface area contributed by atoms with Gasteiger partial charge < -0.3 is 19.7 Å². The summed E-state index contributed by atoms with van der Waals surface area (Å²) in [5.74, 6) is -0.280. The second-order valence-corrected chi connectivity index (χ2v) is 10.6. The molecule has 10 heteroatoms. The first-order valence-corrected chi connectivity index (χ1v) is 13.5. The molecule has 1 amide bonds. The highest BCUT2D eigenvalue weighted by Crippen LogP contribution is 2.34. The third-order valence-corrected chi connectivity index (χ3v) is 7.93. The Kier molecular flexibility index (Phi) is 8.46. The van der Waals surface area contributed by atoms with Crippen LogP contribution in [0.2, 0.25) is 0 Å². The molecule has 1 fully saturated rings. The van der Waals surface area contributed by atoms with Gasteiger partial charge in [-0.05, 0) is 69.2 Å². The summed E-state index contributed by atoms with van der Waals surface area (Å²) in [4.78, 5) is 15.1. The quantitative estimate of drug-likeness (QED) is 0.527. The molecule has 0 saturated carbocycles.